The van der Waals surface area contributed by atoms with Crippen molar-refractivity contribution in [1.82, 2.24) is 5.32 Å². The number of nitrogens with zero attached hydrogens (tertiary/aromatic N) is 1. The summed E-state index contributed by atoms with van der Waals surface area (Å²) in [4.78, 5) is 2.80. The van der Waals surface area contributed by atoms with Crippen molar-refractivity contribution in [2.75, 3.05) is 4.90 Å². The molecule has 9 rings (SSSR count). The first-order valence-corrected chi connectivity index (χ1v) is 26.4. The molecule has 7 aliphatic carbocycles. The van der Waals surface area contributed by atoms with Crippen LogP contribution in [0.4, 0.5) is 5.69 Å². The van der Waals surface area contributed by atoms with Crippen LogP contribution in [0.3, 0.4) is 0 Å². The second-order valence-electron chi connectivity index (χ2n) is 23.9. The van der Waals surface area contributed by atoms with Gasteiger partial charge in [-0.2, -0.15) is 0 Å². The number of nitrogens with one attached hydrogen (secondary N) is 1. The van der Waals surface area contributed by atoms with Gasteiger partial charge in [0.1, 0.15) is 0 Å². The van der Waals surface area contributed by atoms with Gasteiger partial charge < -0.3 is 10.2 Å². The van der Waals surface area contributed by atoms with Crippen molar-refractivity contribution in [2.24, 2.45) is 28.6 Å². The highest BCUT2D eigenvalue weighted by Gasteiger charge is 2.39. The Morgan fingerprint density at radius 2 is 1.51 bits per heavy atom. The maximum Gasteiger partial charge on any atom is 0.207 e. The molecule has 4 atom stereocenters. The summed E-state index contributed by atoms with van der Waals surface area (Å²) in [5.41, 5.74) is 13.6. The molecule has 2 aromatic rings. The minimum Gasteiger partial charge on any atom is -0.378 e. The maximum absolute atomic E-state index is 4.21. The zero-order chi connectivity index (χ0) is 45.7. The number of fused-ring (bicyclic) bond motifs is 3. The fourth-order valence-corrected chi connectivity index (χ4v) is 12.8. The summed E-state index contributed by atoms with van der Waals surface area (Å²) in [7, 11) is 2.52. The average molecular weight is 882 g/mol. The molecule has 0 amide bonds. The molecule has 0 saturated heterocycles. The van der Waals surface area contributed by atoms with Crippen LogP contribution in [0.1, 0.15) is 157 Å². The molecular formula is C61H78BN2S. The number of hydrogen-bond acceptors (Lipinski definition) is 3. The van der Waals surface area contributed by atoms with Gasteiger partial charge in [-0.25, -0.2) is 0 Å². The summed E-state index contributed by atoms with van der Waals surface area (Å²) < 4.78 is 2.79. The lowest BCUT2D eigenvalue weighted by Crippen LogP contribution is -2.39. The number of hydrogen-bond donors (Lipinski definition) is 1. The highest BCUT2D eigenvalue weighted by atomic mass is 32.1. The van der Waals surface area contributed by atoms with Crippen molar-refractivity contribution in [3.63, 3.8) is 0 Å². The van der Waals surface area contributed by atoms with Gasteiger partial charge in [-0.15, -0.1) is 11.3 Å². The fourth-order valence-electron chi connectivity index (χ4n) is 11.6. The molecular weight excluding hydrogens is 804 g/mol. The van der Waals surface area contributed by atoms with Gasteiger partial charge in [-0.1, -0.05) is 154 Å². The zero-order valence-corrected chi connectivity index (χ0v) is 42.5. The van der Waals surface area contributed by atoms with E-state index in [4.69, 9.17) is 0 Å². The SMILES string of the molecule is CC(C)C1=CCC(NC2=CC(N(C3=C/CC(C)(C)CCC(C)(C)C/C=C\3)c3c([B]C4=CCCC=C4)sc4cc5c(cc34)C(C)(C)CCC5(C)C)CC=C2)C(C2=CC3C=CC=CC3CC2)=C1. The van der Waals surface area contributed by atoms with Crippen LogP contribution in [-0.4, -0.2) is 19.4 Å². The average Bonchev–Trinajstić information content (AvgIpc) is 3.62. The third kappa shape index (κ3) is 10.0. The molecule has 0 bridgehead atoms. The molecule has 0 saturated carbocycles. The van der Waals surface area contributed by atoms with Gasteiger partial charge in [0.05, 0.1) is 17.8 Å². The van der Waals surface area contributed by atoms with Crippen molar-refractivity contribution in [3.05, 3.63) is 154 Å². The van der Waals surface area contributed by atoms with Crippen LogP contribution in [0, 0.1) is 28.6 Å². The van der Waals surface area contributed by atoms with Crippen LogP contribution >= 0.6 is 11.3 Å². The Kier molecular flexibility index (Phi) is 12.9. The molecule has 7 aliphatic rings. The van der Waals surface area contributed by atoms with Crippen molar-refractivity contribution in [3.8, 4) is 0 Å². The highest BCUT2D eigenvalue weighted by Crippen LogP contribution is 2.50. The Morgan fingerprint density at radius 3 is 2.26 bits per heavy atom. The highest BCUT2D eigenvalue weighted by molar-refractivity contribution is 7.29. The zero-order valence-electron chi connectivity index (χ0n) is 41.7. The van der Waals surface area contributed by atoms with Gasteiger partial charge in [0.2, 0.25) is 7.28 Å². The lowest BCUT2D eigenvalue weighted by atomic mass is 9.63. The van der Waals surface area contributed by atoms with E-state index >= 15 is 0 Å². The molecule has 1 heterocycles. The van der Waals surface area contributed by atoms with Crippen molar-refractivity contribution in [1.29, 1.82) is 0 Å². The summed E-state index contributed by atoms with van der Waals surface area (Å²) in [6, 6.07) is 5.63. The lowest BCUT2D eigenvalue weighted by molar-refractivity contribution is 0.241. The van der Waals surface area contributed by atoms with Gasteiger partial charge >= 0.3 is 0 Å². The van der Waals surface area contributed by atoms with Crippen LogP contribution in [0.15, 0.2) is 143 Å². The van der Waals surface area contributed by atoms with E-state index in [2.05, 4.69) is 196 Å². The van der Waals surface area contributed by atoms with Crippen LogP contribution in [0.5, 0.6) is 0 Å². The second kappa shape index (κ2) is 18.2. The smallest absolute Gasteiger partial charge is 0.207 e. The quantitative estimate of drug-likeness (QED) is 0.253. The summed E-state index contributed by atoms with van der Waals surface area (Å²) in [6.07, 6.45) is 52.8. The number of allylic oxidation sites excluding steroid dienone is 15. The summed E-state index contributed by atoms with van der Waals surface area (Å²) in [5.74, 6) is 1.63. The molecule has 4 heteroatoms. The molecule has 1 aromatic carbocycles. The normalized spacial score (nSPS) is 29.0. The Hall–Kier alpha value is -4.02. The molecule has 1 N–H and O–H groups in total. The van der Waals surface area contributed by atoms with E-state index in [0.29, 0.717) is 17.8 Å². The Bertz CT molecular complexity index is 2510. The van der Waals surface area contributed by atoms with E-state index in [1.807, 2.05) is 11.3 Å². The van der Waals surface area contributed by atoms with Crippen molar-refractivity contribution in [2.45, 2.75) is 169 Å². The van der Waals surface area contributed by atoms with Gasteiger partial charge in [0.15, 0.2) is 0 Å². The van der Waals surface area contributed by atoms with Crippen LogP contribution in [-0.2, 0) is 10.8 Å². The molecule has 0 aliphatic heterocycles. The number of rotatable bonds is 9. The first kappa shape index (κ1) is 46.1. The van der Waals surface area contributed by atoms with Crippen LogP contribution in [0.2, 0.25) is 0 Å². The van der Waals surface area contributed by atoms with Gasteiger partial charge in [0.25, 0.3) is 0 Å². The van der Waals surface area contributed by atoms with E-state index in [1.54, 1.807) is 11.1 Å². The Morgan fingerprint density at radius 1 is 0.754 bits per heavy atom. The first-order valence-electron chi connectivity index (χ1n) is 25.6. The first-order chi connectivity index (χ1) is 31.0. The Balaban J connectivity index is 1.19. The topological polar surface area (TPSA) is 15.3 Å². The molecule has 1 radical (unpaired) electrons. The standard InChI is InChI=1S/C61H78BN2S/c1-41(2)43-27-28-54(50(37-43)45-26-25-42-18-14-15-19-44(42)36-45)63-47-22-16-23-49(38-47)64(48-24-17-30-58(3,4)32-33-59(5,6)31-29-48)56-51-39-52-53(61(9,10)35-34-60(52,7)8)40-55(51)65-57(56)62-46-20-12-11-13-21-46/h12,14-22,24,27,29,36-42,44,49,54,63H,11,13,23,25-26,28,30-35H2,1-10H3/b24-17-,48-29+. The monoisotopic (exact) mass is 882 g/mol. The summed E-state index contributed by atoms with van der Waals surface area (Å²) >= 11 is 2.01. The minimum atomic E-state index is 0.116. The number of thiophene rings is 1. The molecule has 4 unspecified atom stereocenters. The van der Waals surface area contributed by atoms with E-state index in [-0.39, 0.29) is 33.7 Å². The van der Waals surface area contributed by atoms with Crippen LogP contribution < -0.4 is 15.0 Å². The molecule has 0 spiro atoms. The van der Waals surface area contributed by atoms with Crippen molar-refractivity contribution >= 4 is 39.2 Å². The van der Waals surface area contributed by atoms with E-state index < -0.39 is 0 Å². The predicted octanol–water partition coefficient (Wildman–Crippen LogP) is 15.8. The molecule has 2 nitrogen and oxygen atoms in total. The lowest BCUT2D eigenvalue weighted by Gasteiger charge is -2.42. The third-order valence-electron chi connectivity index (χ3n) is 16.3. The molecule has 1 aromatic heterocycles. The van der Waals surface area contributed by atoms with Crippen LogP contribution in [0.25, 0.3) is 10.1 Å². The number of benzene rings is 1. The predicted molar refractivity (Wildman–Crippen MR) is 285 cm³/mol. The van der Waals surface area contributed by atoms with E-state index in [0.717, 1.165) is 44.9 Å². The van der Waals surface area contributed by atoms with E-state index in [9.17, 15) is 0 Å². The van der Waals surface area contributed by atoms with Gasteiger partial charge in [0, 0.05) is 27.4 Å². The number of anilines is 1. The van der Waals surface area contributed by atoms with E-state index in [1.165, 1.54) is 86.2 Å². The summed E-state index contributed by atoms with van der Waals surface area (Å²) in [5, 5.41) is 5.62. The summed E-state index contributed by atoms with van der Waals surface area (Å²) in [6.45, 7) is 24.6. The molecule has 341 valence electrons. The largest absolute Gasteiger partial charge is 0.378 e. The minimum absolute atomic E-state index is 0.116. The molecule has 0 fully saturated rings. The fraction of sp³-hybridized carbons (Fsp3) is 0.508. The third-order valence-corrected chi connectivity index (χ3v) is 17.4. The van der Waals surface area contributed by atoms with Gasteiger partial charge in [-0.05, 0) is 174 Å². The van der Waals surface area contributed by atoms with Gasteiger partial charge in [-0.3, -0.25) is 0 Å². The molecule has 65 heavy (non-hydrogen) atoms. The maximum atomic E-state index is 4.21. The van der Waals surface area contributed by atoms with Crippen molar-refractivity contribution < 1.29 is 0 Å². The second-order valence-corrected chi connectivity index (χ2v) is 25.0. The Labute approximate surface area is 399 Å².